The van der Waals surface area contributed by atoms with Gasteiger partial charge in [-0.05, 0) is 23.3 Å². The van der Waals surface area contributed by atoms with Crippen molar-refractivity contribution in [2.75, 3.05) is 0 Å². The first kappa shape index (κ1) is 6.23. The molecule has 1 aromatic rings. The van der Waals surface area contributed by atoms with Gasteiger partial charge in [-0.15, -0.1) is 0 Å². The number of benzene rings is 1. The largest absolute Gasteiger partial charge is 0.360 e. The summed E-state index contributed by atoms with van der Waals surface area (Å²) in [5.74, 6) is 0. The molecule has 1 heteroatoms. The highest BCUT2D eigenvalue weighted by atomic mass is 14.8. The zero-order chi connectivity index (χ0) is 7.52. The van der Waals surface area contributed by atoms with Gasteiger partial charge in [0, 0.05) is 6.20 Å². The average Bonchev–Trinajstić information content (AvgIpc) is 2.28. The van der Waals surface area contributed by atoms with E-state index in [1.165, 1.54) is 11.1 Å². The topological polar surface area (TPSA) is 12.0 Å². The lowest BCUT2D eigenvalue weighted by Crippen LogP contribution is -1.88. The normalized spacial score (nSPS) is 13.5. The van der Waals surface area contributed by atoms with Gasteiger partial charge < -0.3 is 5.32 Å². The Morgan fingerprint density at radius 1 is 1.09 bits per heavy atom. The van der Waals surface area contributed by atoms with Gasteiger partial charge in [0.1, 0.15) is 0 Å². The van der Waals surface area contributed by atoms with Crippen LogP contribution in [0.3, 0.4) is 0 Å². The first-order valence-electron chi connectivity index (χ1n) is 3.57. The molecule has 1 heterocycles. The minimum absolute atomic E-state index is 1.20. The molecule has 0 amide bonds. The number of nitrogens with one attached hydrogen (secondary N) is 1. The summed E-state index contributed by atoms with van der Waals surface area (Å²) in [6, 6.07) is 8.20. The predicted molar refractivity (Wildman–Crippen MR) is 46.3 cm³/mol. The summed E-state index contributed by atoms with van der Waals surface area (Å²) in [6.07, 6.45) is 8.79. The molecule has 0 spiro atoms. The second-order valence-electron chi connectivity index (χ2n) is 2.40. The van der Waals surface area contributed by atoms with E-state index in [4.69, 9.17) is 0 Å². The number of fused-ring (bicyclic) bond motifs is 1. The number of hydrogen-bond donors (Lipinski definition) is 1. The summed E-state index contributed by atoms with van der Waals surface area (Å²) in [4.78, 5) is 0. The Labute approximate surface area is 66.1 Å². The maximum atomic E-state index is 2.94. The van der Waals surface area contributed by atoms with Crippen molar-refractivity contribution in [3.8, 4) is 0 Å². The SMILES string of the molecule is [C]1=Cc2ccccc2C=CN1. The highest BCUT2D eigenvalue weighted by molar-refractivity contribution is 5.65. The first-order chi connectivity index (χ1) is 5.47. The van der Waals surface area contributed by atoms with Gasteiger partial charge in [-0.1, -0.05) is 24.3 Å². The van der Waals surface area contributed by atoms with Crippen molar-refractivity contribution in [2.24, 2.45) is 0 Å². The Morgan fingerprint density at radius 2 is 1.91 bits per heavy atom. The number of hydrogen-bond acceptors (Lipinski definition) is 1. The van der Waals surface area contributed by atoms with E-state index in [0.29, 0.717) is 0 Å². The maximum absolute atomic E-state index is 2.94. The Morgan fingerprint density at radius 3 is 2.82 bits per heavy atom. The fourth-order valence-electron chi connectivity index (χ4n) is 1.09. The van der Waals surface area contributed by atoms with Crippen LogP contribution in [0.2, 0.25) is 0 Å². The van der Waals surface area contributed by atoms with E-state index in [1.54, 1.807) is 0 Å². The van der Waals surface area contributed by atoms with Crippen molar-refractivity contribution in [1.82, 2.24) is 5.32 Å². The molecular formula is C10H8N. The fourth-order valence-corrected chi connectivity index (χ4v) is 1.09. The third-order valence-electron chi connectivity index (χ3n) is 1.65. The van der Waals surface area contributed by atoms with Crippen molar-refractivity contribution in [1.29, 1.82) is 0 Å². The van der Waals surface area contributed by atoms with Crippen molar-refractivity contribution in [3.05, 3.63) is 47.8 Å². The Bertz CT molecular complexity index is 279. The molecule has 0 saturated carbocycles. The fraction of sp³-hybridized carbons (Fsp3) is 0. The molecule has 1 radical (unpaired) electrons. The lowest BCUT2D eigenvalue weighted by molar-refractivity contribution is 1.18. The van der Waals surface area contributed by atoms with E-state index in [1.807, 2.05) is 30.5 Å². The molecule has 0 unspecified atom stereocenters. The van der Waals surface area contributed by atoms with Crippen LogP contribution in [0.15, 0.2) is 30.5 Å². The van der Waals surface area contributed by atoms with Crippen molar-refractivity contribution >= 4 is 12.2 Å². The third kappa shape index (κ3) is 1.17. The van der Waals surface area contributed by atoms with Gasteiger partial charge in [0.05, 0.1) is 6.20 Å². The van der Waals surface area contributed by atoms with Crippen LogP contribution in [-0.4, -0.2) is 0 Å². The molecule has 0 aliphatic carbocycles. The van der Waals surface area contributed by atoms with Gasteiger partial charge >= 0.3 is 0 Å². The quantitative estimate of drug-likeness (QED) is 0.584. The van der Waals surface area contributed by atoms with Gasteiger partial charge in [-0.25, -0.2) is 0 Å². The molecular weight excluding hydrogens is 134 g/mol. The van der Waals surface area contributed by atoms with E-state index >= 15 is 0 Å². The lowest BCUT2D eigenvalue weighted by atomic mass is 10.1. The van der Waals surface area contributed by atoms with E-state index in [0.717, 1.165) is 0 Å². The number of rotatable bonds is 0. The van der Waals surface area contributed by atoms with E-state index in [-0.39, 0.29) is 0 Å². The molecule has 1 nitrogen and oxygen atoms in total. The minimum Gasteiger partial charge on any atom is -0.360 e. The summed E-state index contributed by atoms with van der Waals surface area (Å²) in [6.45, 7) is 0. The summed E-state index contributed by atoms with van der Waals surface area (Å²) in [5, 5.41) is 2.91. The predicted octanol–water partition coefficient (Wildman–Crippen LogP) is 2.03. The summed E-state index contributed by atoms with van der Waals surface area (Å²) >= 11 is 0. The summed E-state index contributed by atoms with van der Waals surface area (Å²) < 4.78 is 0. The van der Waals surface area contributed by atoms with Crippen LogP contribution in [-0.2, 0) is 0 Å². The molecule has 0 aromatic heterocycles. The second kappa shape index (κ2) is 2.62. The van der Waals surface area contributed by atoms with Gasteiger partial charge in [0.2, 0.25) is 0 Å². The molecule has 1 N–H and O–H groups in total. The Hall–Kier alpha value is -1.50. The second-order valence-corrected chi connectivity index (χ2v) is 2.40. The smallest absolute Gasteiger partial charge is 0.0625 e. The maximum Gasteiger partial charge on any atom is 0.0625 e. The van der Waals surface area contributed by atoms with Crippen molar-refractivity contribution in [3.63, 3.8) is 0 Å². The van der Waals surface area contributed by atoms with E-state index in [9.17, 15) is 0 Å². The molecule has 0 bridgehead atoms. The highest BCUT2D eigenvalue weighted by Crippen LogP contribution is 2.12. The van der Waals surface area contributed by atoms with Gasteiger partial charge in [0.25, 0.3) is 0 Å². The highest BCUT2D eigenvalue weighted by Gasteiger charge is 1.94. The monoisotopic (exact) mass is 142 g/mol. The van der Waals surface area contributed by atoms with Crippen molar-refractivity contribution < 1.29 is 0 Å². The van der Waals surface area contributed by atoms with Crippen molar-refractivity contribution in [2.45, 2.75) is 0 Å². The van der Waals surface area contributed by atoms with Gasteiger partial charge in [0.15, 0.2) is 0 Å². The summed E-state index contributed by atoms with van der Waals surface area (Å²) in [5.41, 5.74) is 2.43. The van der Waals surface area contributed by atoms with Crippen LogP contribution in [0.1, 0.15) is 11.1 Å². The molecule has 0 fully saturated rings. The zero-order valence-corrected chi connectivity index (χ0v) is 6.04. The van der Waals surface area contributed by atoms with E-state index in [2.05, 4.69) is 23.6 Å². The van der Waals surface area contributed by atoms with Gasteiger partial charge in [-0.2, -0.15) is 0 Å². The molecule has 1 aliphatic rings. The molecule has 53 valence electrons. The van der Waals surface area contributed by atoms with Crippen LogP contribution in [0.5, 0.6) is 0 Å². The lowest BCUT2D eigenvalue weighted by Gasteiger charge is -1.95. The molecule has 0 saturated heterocycles. The molecule has 0 atom stereocenters. The van der Waals surface area contributed by atoms with E-state index < -0.39 is 0 Å². The molecule has 1 aromatic carbocycles. The average molecular weight is 142 g/mol. The summed E-state index contributed by atoms with van der Waals surface area (Å²) in [7, 11) is 0. The molecule has 11 heavy (non-hydrogen) atoms. The van der Waals surface area contributed by atoms with Crippen LogP contribution >= 0.6 is 0 Å². The Kier molecular flexibility index (Phi) is 1.48. The first-order valence-corrected chi connectivity index (χ1v) is 3.57. The standard InChI is InChI=1S/C10H8N/c1-2-4-10-6-8-11-7-5-9(10)3-1/h1-7,11H. The zero-order valence-electron chi connectivity index (χ0n) is 6.04. The van der Waals surface area contributed by atoms with Crippen LogP contribution < -0.4 is 5.32 Å². The van der Waals surface area contributed by atoms with Crippen LogP contribution in [0.4, 0.5) is 0 Å². The molecule has 2 rings (SSSR count). The Balaban J connectivity index is 2.58. The van der Waals surface area contributed by atoms with Gasteiger partial charge in [-0.3, -0.25) is 0 Å². The van der Waals surface area contributed by atoms with Crippen LogP contribution in [0, 0.1) is 6.20 Å². The third-order valence-corrected chi connectivity index (χ3v) is 1.65. The molecule has 1 aliphatic heterocycles. The van der Waals surface area contributed by atoms with Crippen LogP contribution in [0.25, 0.3) is 12.2 Å². The minimum atomic E-state index is 1.20.